The number of benzene rings is 2. The fourth-order valence-corrected chi connectivity index (χ4v) is 3.10. The number of hydrogen-bond acceptors (Lipinski definition) is 3. The van der Waals surface area contributed by atoms with E-state index in [2.05, 4.69) is 0 Å². The van der Waals surface area contributed by atoms with Crippen molar-refractivity contribution < 1.29 is 23.9 Å². The van der Waals surface area contributed by atoms with Crippen molar-refractivity contribution >= 4 is 23.5 Å². The maximum atomic E-state index is 14.3. The van der Waals surface area contributed by atoms with Gasteiger partial charge in [-0.1, -0.05) is 30.3 Å². The van der Waals surface area contributed by atoms with E-state index in [-0.39, 0.29) is 18.0 Å². The van der Waals surface area contributed by atoms with E-state index >= 15 is 0 Å². The standard InChI is InChI=1S/C20H19FN2O4/c21-17-9-8-15(23-10-4-7-18(23)24)11-16(17)20(27)22(13-19(25)26)12-14-5-2-1-3-6-14/h1-3,5-6,8-9,11H,4,7,10,12-13H2,(H,25,26). The third kappa shape index (κ3) is 4.31. The van der Waals surface area contributed by atoms with Crippen molar-refractivity contribution in [2.75, 3.05) is 18.0 Å². The molecular formula is C20H19FN2O4. The fourth-order valence-electron chi connectivity index (χ4n) is 3.10. The smallest absolute Gasteiger partial charge is 0.323 e. The highest BCUT2D eigenvalue weighted by Gasteiger charge is 2.26. The summed E-state index contributed by atoms with van der Waals surface area (Å²) < 4.78 is 14.3. The summed E-state index contributed by atoms with van der Waals surface area (Å²) in [5, 5.41) is 9.15. The summed E-state index contributed by atoms with van der Waals surface area (Å²) in [5.74, 6) is -2.75. The summed E-state index contributed by atoms with van der Waals surface area (Å²) >= 11 is 0. The molecule has 1 aliphatic heterocycles. The first-order valence-electron chi connectivity index (χ1n) is 8.60. The summed E-state index contributed by atoms with van der Waals surface area (Å²) in [6, 6.07) is 12.8. The second kappa shape index (κ2) is 7.99. The number of carboxylic acid groups (broad SMARTS) is 1. The monoisotopic (exact) mass is 370 g/mol. The molecule has 0 bridgehead atoms. The van der Waals surface area contributed by atoms with E-state index in [4.69, 9.17) is 5.11 Å². The first-order chi connectivity index (χ1) is 13.0. The van der Waals surface area contributed by atoms with E-state index in [9.17, 15) is 18.8 Å². The van der Waals surface area contributed by atoms with Crippen LogP contribution in [0, 0.1) is 5.82 Å². The zero-order valence-electron chi connectivity index (χ0n) is 14.6. The van der Waals surface area contributed by atoms with Crippen LogP contribution in [0.25, 0.3) is 0 Å². The fraction of sp³-hybridized carbons (Fsp3) is 0.250. The zero-order valence-corrected chi connectivity index (χ0v) is 14.6. The molecule has 1 saturated heterocycles. The van der Waals surface area contributed by atoms with E-state index < -0.39 is 24.2 Å². The van der Waals surface area contributed by atoms with Crippen molar-refractivity contribution in [3.8, 4) is 0 Å². The lowest BCUT2D eigenvalue weighted by molar-refractivity contribution is -0.137. The molecular weight excluding hydrogens is 351 g/mol. The van der Waals surface area contributed by atoms with Gasteiger partial charge in [0, 0.05) is 25.2 Å². The Morgan fingerprint density at radius 3 is 2.52 bits per heavy atom. The number of rotatable bonds is 6. The number of carbonyl (C=O) groups is 3. The number of nitrogens with zero attached hydrogens (tertiary/aromatic N) is 2. The summed E-state index contributed by atoms with van der Waals surface area (Å²) in [6.07, 6.45) is 1.12. The normalized spacial score (nSPS) is 13.7. The van der Waals surface area contributed by atoms with Gasteiger partial charge in [0.15, 0.2) is 0 Å². The third-order valence-electron chi connectivity index (χ3n) is 4.40. The highest BCUT2D eigenvalue weighted by molar-refractivity contribution is 6.00. The van der Waals surface area contributed by atoms with Crippen LogP contribution >= 0.6 is 0 Å². The largest absolute Gasteiger partial charge is 0.480 e. The van der Waals surface area contributed by atoms with E-state index in [1.807, 2.05) is 6.07 Å². The molecule has 0 atom stereocenters. The second-order valence-corrected chi connectivity index (χ2v) is 6.35. The van der Waals surface area contributed by atoms with Crippen LogP contribution in [-0.4, -0.2) is 40.9 Å². The van der Waals surface area contributed by atoms with Crippen LogP contribution in [0.5, 0.6) is 0 Å². The van der Waals surface area contributed by atoms with Gasteiger partial charge in [-0.05, 0) is 30.2 Å². The topological polar surface area (TPSA) is 77.9 Å². The van der Waals surface area contributed by atoms with Crippen LogP contribution < -0.4 is 4.90 Å². The highest BCUT2D eigenvalue weighted by atomic mass is 19.1. The van der Waals surface area contributed by atoms with Gasteiger partial charge in [0.05, 0.1) is 5.56 Å². The van der Waals surface area contributed by atoms with Crippen molar-refractivity contribution in [2.45, 2.75) is 19.4 Å². The first kappa shape index (κ1) is 18.6. The molecule has 0 aromatic heterocycles. The average molecular weight is 370 g/mol. The number of amides is 2. The molecule has 140 valence electrons. The molecule has 1 fully saturated rings. The Hall–Kier alpha value is -3.22. The Kier molecular flexibility index (Phi) is 5.49. The maximum absolute atomic E-state index is 14.3. The highest BCUT2D eigenvalue weighted by Crippen LogP contribution is 2.25. The van der Waals surface area contributed by atoms with Gasteiger partial charge in [-0.2, -0.15) is 0 Å². The van der Waals surface area contributed by atoms with Gasteiger partial charge in [-0.25, -0.2) is 4.39 Å². The van der Waals surface area contributed by atoms with E-state index in [0.717, 1.165) is 16.5 Å². The van der Waals surface area contributed by atoms with Gasteiger partial charge < -0.3 is 14.9 Å². The number of hydrogen-bond donors (Lipinski definition) is 1. The van der Waals surface area contributed by atoms with Gasteiger partial charge in [-0.3, -0.25) is 14.4 Å². The number of anilines is 1. The molecule has 2 aromatic rings. The van der Waals surface area contributed by atoms with Crippen LogP contribution in [0.4, 0.5) is 10.1 Å². The predicted molar refractivity (Wildman–Crippen MR) is 96.8 cm³/mol. The Labute approximate surface area is 155 Å². The van der Waals surface area contributed by atoms with Crippen molar-refractivity contribution in [3.05, 3.63) is 65.5 Å². The summed E-state index contributed by atoms with van der Waals surface area (Å²) in [6.45, 7) is -0.000717. The molecule has 1 aliphatic rings. The number of carboxylic acids is 1. The Morgan fingerprint density at radius 1 is 1.15 bits per heavy atom. The molecule has 0 unspecified atom stereocenters. The molecule has 1 N–H and O–H groups in total. The van der Waals surface area contributed by atoms with Crippen LogP contribution in [-0.2, 0) is 16.1 Å². The molecule has 0 spiro atoms. The first-order valence-corrected chi connectivity index (χ1v) is 8.60. The number of carbonyl (C=O) groups excluding carboxylic acids is 2. The molecule has 2 amide bonds. The number of aliphatic carboxylic acids is 1. The van der Waals surface area contributed by atoms with Gasteiger partial charge in [0.2, 0.25) is 5.91 Å². The summed E-state index contributed by atoms with van der Waals surface area (Å²) in [7, 11) is 0. The van der Waals surface area contributed by atoms with Crippen molar-refractivity contribution in [1.82, 2.24) is 4.90 Å². The second-order valence-electron chi connectivity index (χ2n) is 6.35. The van der Waals surface area contributed by atoms with E-state index in [0.29, 0.717) is 25.1 Å². The van der Waals surface area contributed by atoms with E-state index in [1.54, 1.807) is 24.3 Å². The minimum atomic E-state index is -1.19. The van der Waals surface area contributed by atoms with Crippen LogP contribution in [0.15, 0.2) is 48.5 Å². The molecule has 7 heteroatoms. The average Bonchev–Trinajstić information content (AvgIpc) is 3.07. The molecule has 0 radical (unpaired) electrons. The van der Waals surface area contributed by atoms with Crippen LogP contribution in [0.1, 0.15) is 28.8 Å². The molecule has 1 heterocycles. The summed E-state index contributed by atoms with van der Waals surface area (Å²) in [5.41, 5.74) is 0.931. The molecule has 0 saturated carbocycles. The quantitative estimate of drug-likeness (QED) is 0.848. The Morgan fingerprint density at radius 2 is 1.89 bits per heavy atom. The SMILES string of the molecule is O=C(O)CN(Cc1ccccc1)C(=O)c1cc(N2CCCC2=O)ccc1F. The van der Waals surface area contributed by atoms with Gasteiger partial charge in [0.25, 0.3) is 5.91 Å². The predicted octanol–water partition coefficient (Wildman–Crippen LogP) is 2.68. The van der Waals surface area contributed by atoms with Crippen molar-refractivity contribution in [2.24, 2.45) is 0 Å². The lowest BCUT2D eigenvalue weighted by atomic mass is 10.1. The van der Waals surface area contributed by atoms with E-state index in [1.165, 1.54) is 17.0 Å². The van der Waals surface area contributed by atoms with Crippen LogP contribution in [0.2, 0.25) is 0 Å². The molecule has 6 nitrogen and oxygen atoms in total. The third-order valence-corrected chi connectivity index (χ3v) is 4.40. The lowest BCUT2D eigenvalue weighted by Gasteiger charge is -2.22. The minimum absolute atomic E-state index is 0.0400. The number of halogens is 1. The zero-order chi connectivity index (χ0) is 19.4. The Bertz CT molecular complexity index is 870. The van der Waals surface area contributed by atoms with Gasteiger partial charge in [-0.15, -0.1) is 0 Å². The molecule has 3 rings (SSSR count). The van der Waals surface area contributed by atoms with Crippen molar-refractivity contribution in [3.63, 3.8) is 0 Å². The van der Waals surface area contributed by atoms with Crippen molar-refractivity contribution in [1.29, 1.82) is 0 Å². The molecule has 27 heavy (non-hydrogen) atoms. The van der Waals surface area contributed by atoms with Crippen LogP contribution in [0.3, 0.4) is 0 Å². The molecule has 0 aliphatic carbocycles. The lowest BCUT2D eigenvalue weighted by Crippen LogP contribution is -2.36. The maximum Gasteiger partial charge on any atom is 0.323 e. The Balaban J connectivity index is 1.90. The van der Waals surface area contributed by atoms with Gasteiger partial charge >= 0.3 is 5.97 Å². The summed E-state index contributed by atoms with van der Waals surface area (Å²) in [4.78, 5) is 38.6. The molecule has 2 aromatic carbocycles. The minimum Gasteiger partial charge on any atom is -0.480 e. The van der Waals surface area contributed by atoms with Gasteiger partial charge in [0.1, 0.15) is 12.4 Å².